The SMILES string of the molecule is NCCCCNCCCN(CC(N)=O)C(=O)[C@H](CS)NC(=O)CC[C@H](N)C(=O)O. The Kier molecular flexibility index (Phi) is 14.9. The lowest BCUT2D eigenvalue weighted by atomic mass is 10.1. The molecule has 0 aliphatic carbocycles. The first kappa shape index (κ1) is 27.1. The van der Waals surface area contributed by atoms with Crippen LogP contribution in [0.15, 0.2) is 0 Å². The molecule has 0 aliphatic rings. The number of carboxylic acids is 1. The summed E-state index contributed by atoms with van der Waals surface area (Å²) in [6.07, 6.45) is 2.28. The van der Waals surface area contributed by atoms with Crippen LogP contribution in [0.4, 0.5) is 0 Å². The van der Waals surface area contributed by atoms with E-state index in [0.29, 0.717) is 19.5 Å². The van der Waals surface area contributed by atoms with Gasteiger partial charge in [0, 0.05) is 18.7 Å². The van der Waals surface area contributed by atoms with Gasteiger partial charge >= 0.3 is 5.97 Å². The number of carboxylic acid groups (broad SMARTS) is 1. The largest absolute Gasteiger partial charge is 0.480 e. The molecular formula is C17H34N6O5S. The van der Waals surface area contributed by atoms with Gasteiger partial charge in [-0.3, -0.25) is 19.2 Å². The number of unbranched alkanes of at least 4 members (excludes halogenated alkanes) is 1. The van der Waals surface area contributed by atoms with E-state index >= 15 is 0 Å². The highest BCUT2D eigenvalue weighted by Crippen LogP contribution is 2.02. The van der Waals surface area contributed by atoms with Gasteiger partial charge < -0.3 is 37.8 Å². The predicted molar refractivity (Wildman–Crippen MR) is 112 cm³/mol. The molecule has 0 unspecified atom stereocenters. The van der Waals surface area contributed by atoms with E-state index in [4.69, 9.17) is 22.3 Å². The number of rotatable bonds is 17. The van der Waals surface area contributed by atoms with E-state index in [1.54, 1.807) is 0 Å². The molecule has 0 aliphatic heterocycles. The third-order valence-corrected chi connectivity index (χ3v) is 4.43. The predicted octanol–water partition coefficient (Wildman–Crippen LogP) is -2.37. The second-order valence-corrected chi connectivity index (χ2v) is 6.98. The van der Waals surface area contributed by atoms with Crippen LogP contribution < -0.4 is 27.8 Å². The normalized spacial score (nSPS) is 12.8. The lowest BCUT2D eigenvalue weighted by molar-refractivity contribution is -0.139. The fourth-order valence-electron chi connectivity index (χ4n) is 2.45. The molecule has 0 saturated carbocycles. The van der Waals surface area contributed by atoms with Crippen LogP contribution in [-0.2, 0) is 19.2 Å². The zero-order chi connectivity index (χ0) is 22.2. The van der Waals surface area contributed by atoms with Crippen molar-refractivity contribution in [1.82, 2.24) is 15.5 Å². The smallest absolute Gasteiger partial charge is 0.320 e. The Morgan fingerprint density at radius 3 is 2.31 bits per heavy atom. The van der Waals surface area contributed by atoms with E-state index in [-0.39, 0.29) is 31.7 Å². The van der Waals surface area contributed by atoms with Crippen LogP contribution in [0, 0.1) is 0 Å². The Bertz CT molecular complexity index is 536. The summed E-state index contributed by atoms with van der Waals surface area (Å²) in [6, 6.07) is -2.11. The fourth-order valence-corrected chi connectivity index (χ4v) is 2.70. The molecule has 0 rings (SSSR count). The molecule has 29 heavy (non-hydrogen) atoms. The maximum atomic E-state index is 12.7. The molecule has 0 radical (unpaired) electrons. The van der Waals surface area contributed by atoms with Gasteiger partial charge in [-0.15, -0.1) is 0 Å². The van der Waals surface area contributed by atoms with Gasteiger partial charge in [-0.2, -0.15) is 12.6 Å². The second-order valence-electron chi connectivity index (χ2n) is 6.61. The number of nitrogens with zero attached hydrogens (tertiary/aromatic N) is 1. The molecule has 0 heterocycles. The maximum absolute atomic E-state index is 12.7. The zero-order valence-corrected chi connectivity index (χ0v) is 17.5. The number of carbonyl (C=O) groups excluding carboxylic acids is 3. The van der Waals surface area contributed by atoms with E-state index in [9.17, 15) is 19.2 Å². The van der Waals surface area contributed by atoms with Gasteiger partial charge in [0.15, 0.2) is 0 Å². The summed E-state index contributed by atoms with van der Waals surface area (Å²) in [5.74, 6) is -2.84. The summed E-state index contributed by atoms with van der Waals surface area (Å²) >= 11 is 4.09. The summed E-state index contributed by atoms with van der Waals surface area (Å²) in [4.78, 5) is 48.0. The van der Waals surface area contributed by atoms with Crippen LogP contribution in [-0.4, -0.2) is 84.3 Å². The molecule has 0 saturated heterocycles. The average Bonchev–Trinajstić information content (AvgIpc) is 2.67. The van der Waals surface area contributed by atoms with Crippen LogP contribution in [0.2, 0.25) is 0 Å². The molecule has 11 nitrogen and oxygen atoms in total. The van der Waals surface area contributed by atoms with Crippen LogP contribution in [0.1, 0.15) is 32.1 Å². The van der Waals surface area contributed by atoms with Crippen molar-refractivity contribution in [3.8, 4) is 0 Å². The van der Waals surface area contributed by atoms with E-state index in [0.717, 1.165) is 19.4 Å². The Labute approximate surface area is 176 Å². The molecule has 0 bridgehead atoms. The average molecular weight is 435 g/mol. The van der Waals surface area contributed by atoms with Gasteiger partial charge in [0.05, 0.1) is 6.54 Å². The first-order valence-corrected chi connectivity index (χ1v) is 10.2. The third kappa shape index (κ3) is 13.0. The molecule has 3 amide bonds. The Hall–Kier alpha value is -1.89. The van der Waals surface area contributed by atoms with Crippen molar-refractivity contribution in [2.24, 2.45) is 17.2 Å². The number of nitrogens with one attached hydrogen (secondary N) is 2. The maximum Gasteiger partial charge on any atom is 0.320 e. The number of thiol groups is 1. The molecule has 2 atom stereocenters. The number of hydrogen-bond acceptors (Lipinski definition) is 8. The van der Waals surface area contributed by atoms with Gasteiger partial charge in [0.25, 0.3) is 0 Å². The molecule has 168 valence electrons. The van der Waals surface area contributed by atoms with Crippen molar-refractivity contribution in [3.05, 3.63) is 0 Å². The van der Waals surface area contributed by atoms with Crippen molar-refractivity contribution in [3.63, 3.8) is 0 Å². The molecule has 0 aromatic carbocycles. The van der Waals surface area contributed by atoms with Crippen LogP contribution in [0.3, 0.4) is 0 Å². The highest BCUT2D eigenvalue weighted by Gasteiger charge is 2.26. The topological polar surface area (TPSA) is 194 Å². The molecular weight excluding hydrogens is 400 g/mol. The molecule has 0 fully saturated rings. The van der Waals surface area contributed by atoms with Crippen LogP contribution in [0.5, 0.6) is 0 Å². The molecule has 12 heteroatoms. The van der Waals surface area contributed by atoms with Crippen molar-refractivity contribution in [1.29, 1.82) is 0 Å². The van der Waals surface area contributed by atoms with Crippen molar-refractivity contribution in [2.45, 2.75) is 44.2 Å². The molecule has 0 aromatic heterocycles. The number of nitrogens with two attached hydrogens (primary N) is 3. The minimum Gasteiger partial charge on any atom is -0.480 e. The minimum atomic E-state index is -1.20. The summed E-state index contributed by atoms with van der Waals surface area (Å²) in [5, 5.41) is 14.5. The lowest BCUT2D eigenvalue weighted by Crippen LogP contribution is -2.52. The Morgan fingerprint density at radius 1 is 1.10 bits per heavy atom. The van der Waals surface area contributed by atoms with Gasteiger partial charge in [-0.25, -0.2) is 0 Å². The quantitative estimate of drug-likeness (QED) is 0.0974. The van der Waals surface area contributed by atoms with E-state index < -0.39 is 35.8 Å². The Morgan fingerprint density at radius 2 is 1.76 bits per heavy atom. The van der Waals surface area contributed by atoms with Crippen molar-refractivity contribution in [2.75, 3.05) is 38.5 Å². The summed E-state index contributed by atoms with van der Waals surface area (Å²) in [5.41, 5.74) is 16.0. The molecule has 9 N–H and O–H groups in total. The molecule has 0 spiro atoms. The summed E-state index contributed by atoms with van der Waals surface area (Å²) < 4.78 is 0. The van der Waals surface area contributed by atoms with Crippen molar-refractivity contribution >= 4 is 36.3 Å². The number of aliphatic carboxylic acids is 1. The van der Waals surface area contributed by atoms with Crippen molar-refractivity contribution < 1.29 is 24.3 Å². The van der Waals surface area contributed by atoms with Gasteiger partial charge in [-0.05, 0) is 45.3 Å². The van der Waals surface area contributed by atoms with Gasteiger partial charge in [0.2, 0.25) is 17.7 Å². The van der Waals surface area contributed by atoms with Gasteiger partial charge in [0.1, 0.15) is 12.1 Å². The number of primary amides is 1. The third-order valence-electron chi connectivity index (χ3n) is 4.06. The standard InChI is InChI=1S/C17H34N6O5S/c18-6-1-2-7-21-8-3-9-23(10-14(20)24)16(26)13(11-29)22-15(25)5-4-12(19)17(27)28/h12-13,21,29H,1-11,18-19H2,(H2,20,24)(H,22,25)(H,27,28)/t12-,13-/m0/s1. The van der Waals surface area contributed by atoms with Gasteiger partial charge in [-0.1, -0.05) is 0 Å². The van der Waals surface area contributed by atoms with Crippen LogP contribution in [0.25, 0.3) is 0 Å². The highest BCUT2D eigenvalue weighted by molar-refractivity contribution is 7.80. The fraction of sp³-hybridized carbons (Fsp3) is 0.765. The van der Waals surface area contributed by atoms with E-state index in [2.05, 4.69) is 23.3 Å². The van der Waals surface area contributed by atoms with E-state index in [1.807, 2.05) is 0 Å². The molecule has 0 aromatic rings. The first-order chi connectivity index (χ1) is 13.7. The highest BCUT2D eigenvalue weighted by atomic mass is 32.1. The van der Waals surface area contributed by atoms with E-state index in [1.165, 1.54) is 4.90 Å². The summed E-state index contributed by atoms with van der Waals surface area (Å²) in [6.45, 7) is 2.13. The number of amides is 3. The zero-order valence-electron chi connectivity index (χ0n) is 16.6. The second kappa shape index (κ2) is 16.0. The lowest BCUT2D eigenvalue weighted by Gasteiger charge is -2.26. The van der Waals surface area contributed by atoms with Crippen LogP contribution >= 0.6 is 12.6 Å². The number of hydrogen-bond donors (Lipinski definition) is 7. The number of carbonyl (C=O) groups is 4. The first-order valence-electron chi connectivity index (χ1n) is 9.59. The summed E-state index contributed by atoms with van der Waals surface area (Å²) in [7, 11) is 0. The Balaban J connectivity index is 4.61. The monoisotopic (exact) mass is 434 g/mol. The minimum absolute atomic E-state index is 0.0160.